The SMILES string of the molecule is O=C1Nc2cc(Cl)ccc2C(C2CCCC2)=NN1C1CCOCC1. The second-order valence-electron chi connectivity index (χ2n) is 6.77. The minimum Gasteiger partial charge on any atom is -0.381 e. The number of hydrazone groups is 1. The number of fused-ring (bicyclic) bond motifs is 1. The predicted molar refractivity (Wildman–Crippen MR) is 94.6 cm³/mol. The molecular weight excluding hydrogens is 326 g/mol. The Kier molecular flexibility index (Phi) is 4.46. The summed E-state index contributed by atoms with van der Waals surface area (Å²) in [5.74, 6) is 0.417. The van der Waals surface area contributed by atoms with Gasteiger partial charge >= 0.3 is 6.03 Å². The number of carbonyl (C=O) groups is 1. The fourth-order valence-corrected chi connectivity index (χ4v) is 4.08. The molecule has 0 unspecified atom stereocenters. The van der Waals surface area contributed by atoms with Gasteiger partial charge in [-0.25, -0.2) is 9.80 Å². The number of rotatable bonds is 2. The van der Waals surface area contributed by atoms with Crippen LogP contribution in [-0.2, 0) is 4.74 Å². The van der Waals surface area contributed by atoms with Crippen LogP contribution in [-0.4, -0.2) is 36.0 Å². The lowest BCUT2D eigenvalue weighted by atomic mass is 9.94. The van der Waals surface area contributed by atoms with Gasteiger partial charge in [0.1, 0.15) is 0 Å². The van der Waals surface area contributed by atoms with Gasteiger partial charge in [-0.05, 0) is 43.9 Å². The Balaban J connectivity index is 1.75. The van der Waals surface area contributed by atoms with Gasteiger partial charge in [-0.15, -0.1) is 0 Å². The highest BCUT2D eigenvalue weighted by Gasteiger charge is 2.33. The Morgan fingerprint density at radius 2 is 1.92 bits per heavy atom. The van der Waals surface area contributed by atoms with E-state index in [1.165, 1.54) is 12.8 Å². The van der Waals surface area contributed by atoms with Gasteiger partial charge in [0, 0.05) is 29.7 Å². The molecule has 0 atom stereocenters. The van der Waals surface area contributed by atoms with Gasteiger partial charge in [0.05, 0.1) is 17.4 Å². The van der Waals surface area contributed by atoms with E-state index in [4.69, 9.17) is 21.4 Å². The van der Waals surface area contributed by atoms with Crippen LogP contribution in [0, 0.1) is 5.92 Å². The van der Waals surface area contributed by atoms with E-state index in [1.807, 2.05) is 18.2 Å². The summed E-state index contributed by atoms with van der Waals surface area (Å²) in [4.78, 5) is 12.8. The third-order valence-electron chi connectivity index (χ3n) is 5.20. The van der Waals surface area contributed by atoms with Crippen LogP contribution in [0.3, 0.4) is 0 Å². The van der Waals surface area contributed by atoms with Gasteiger partial charge in [-0.3, -0.25) is 0 Å². The van der Waals surface area contributed by atoms with Gasteiger partial charge in [0.25, 0.3) is 0 Å². The number of ether oxygens (including phenoxy) is 1. The molecule has 1 aliphatic carbocycles. The minimum atomic E-state index is -0.168. The van der Waals surface area contributed by atoms with Crippen LogP contribution in [0.25, 0.3) is 0 Å². The number of urea groups is 1. The average Bonchev–Trinajstić information content (AvgIpc) is 3.07. The Morgan fingerprint density at radius 3 is 2.67 bits per heavy atom. The summed E-state index contributed by atoms with van der Waals surface area (Å²) in [5.41, 5.74) is 2.81. The Labute approximate surface area is 147 Å². The van der Waals surface area contributed by atoms with Crippen molar-refractivity contribution in [2.24, 2.45) is 11.0 Å². The lowest BCUT2D eigenvalue weighted by Gasteiger charge is -2.30. The molecule has 2 aliphatic heterocycles. The molecule has 1 aromatic carbocycles. The largest absolute Gasteiger partial charge is 0.381 e. The predicted octanol–water partition coefficient (Wildman–Crippen LogP) is 4.26. The van der Waals surface area contributed by atoms with Crippen molar-refractivity contribution in [2.45, 2.75) is 44.6 Å². The van der Waals surface area contributed by atoms with Crippen molar-refractivity contribution in [1.29, 1.82) is 0 Å². The molecule has 2 amide bonds. The first-order chi connectivity index (χ1) is 11.7. The normalized spacial score (nSPS) is 22.8. The summed E-state index contributed by atoms with van der Waals surface area (Å²) in [6.07, 6.45) is 6.38. The maximum atomic E-state index is 12.8. The standard InChI is InChI=1S/C18H22ClN3O2/c19-13-5-6-15-16(11-13)20-18(23)22(14-7-9-24-10-8-14)21-17(15)12-3-1-2-4-12/h5-6,11-12,14H,1-4,7-10H2,(H,20,23). The minimum absolute atomic E-state index is 0.0972. The van der Waals surface area contributed by atoms with E-state index in [0.29, 0.717) is 24.2 Å². The Morgan fingerprint density at radius 1 is 1.17 bits per heavy atom. The Bertz CT molecular complexity index is 664. The Hall–Kier alpha value is -1.59. The van der Waals surface area contributed by atoms with E-state index in [2.05, 4.69) is 5.32 Å². The number of carbonyl (C=O) groups excluding carboxylic acids is 1. The van der Waals surface area contributed by atoms with Crippen molar-refractivity contribution in [2.75, 3.05) is 18.5 Å². The second kappa shape index (κ2) is 6.73. The van der Waals surface area contributed by atoms with Gasteiger partial charge in [0.15, 0.2) is 0 Å². The third kappa shape index (κ3) is 3.03. The average molecular weight is 348 g/mol. The molecule has 3 aliphatic rings. The smallest absolute Gasteiger partial charge is 0.342 e. The lowest BCUT2D eigenvalue weighted by Crippen LogP contribution is -2.42. The van der Waals surface area contributed by atoms with Gasteiger partial charge in [0.2, 0.25) is 0 Å². The van der Waals surface area contributed by atoms with Crippen LogP contribution >= 0.6 is 11.6 Å². The maximum absolute atomic E-state index is 12.8. The summed E-state index contributed by atoms with van der Waals surface area (Å²) in [5, 5.41) is 10.2. The third-order valence-corrected chi connectivity index (χ3v) is 5.44. The molecule has 1 saturated carbocycles. The van der Waals surface area contributed by atoms with Crippen molar-refractivity contribution in [3.8, 4) is 0 Å². The number of benzene rings is 1. The molecule has 0 bridgehead atoms. The van der Waals surface area contributed by atoms with Crippen LogP contribution in [0.15, 0.2) is 23.3 Å². The molecule has 1 N–H and O–H groups in total. The van der Waals surface area contributed by atoms with E-state index in [9.17, 15) is 4.79 Å². The molecule has 4 rings (SSSR count). The molecule has 0 aromatic heterocycles. The summed E-state index contributed by atoms with van der Waals surface area (Å²) < 4.78 is 5.44. The van der Waals surface area contributed by atoms with E-state index in [0.717, 1.165) is 42.6 Å². The first-order valence-corrected chi connectivity index (χ1v) is 9.16. The number of nitrogens with one attached hydrogen (secondary N) is 1. The van der Waals surface area contributed by atoms with Crippen LogP contribution in [0.5, 0.6) is 0 Å². The topological polar surface area (TPSA) is 53.9 Å². The first-order valence-electron chi connectivity index (χ1n) is 8.79. The molecule has 0 radical (unpaired) electrons. The molecule has 0 spiro atoms. The van der Waals surface area contributed by atoms with Crippen molar-refractivity contribution in [1.82, 2.24) is 5.01 Å². The van der Waals surface area contributed by atoms with E-state index >= 15 is 0 Å². The lowest BCUT2D eigenvalue weighted by molar-refractivity contribution is 0.0488. The zero-order valence-electron chi connectivity index (χ0n) is 13.6. The van der Waals surface area contributed by atoms with Crippen molar-refractivity contribution < 1.29 is 9.53 Å². The van der Waals surface area contributed by atoms with Crippen LogP contribution in [0.1, 0.15) is 44.1 Å². The zero-order valence-corrected chi connectivity index (χ0v) is 14.4. The quantitative estimate of drug-likeness (QED) is 0.869. The maximum Gasteiger partial charge on any atom is 0.342 e. The van der Waals surface area contributed by atoms with Crippen molar-refractivity contribution in [3.05, 3.63) is 28.8 Å². The van der Waals surface area contributed by atoms with Gasteiger partial charge in [-0.2, -0.15) is 5.10 Å². The second-order valence-corrected chi connectivity index (χ2v) is 7.21. The number of hydrogen-bond donors (Lipinski definition) is 1. The monoisotopic (exact) mass is 347 g/mol. The van der Waals surface area contributed by atoms with Crippen LogP contribution in [0.4, 0.5) is 10.5 Å². The molecule has 1 aromatic rings. The molecule has 128 valence electrons. The molecule has 2 fully saturated rings. The highest BCUT2D eigenvalue weighted by molar-refractivity contribution is 6.31. The van der Waals surface area contributed by atoms with Crippen LogP contribution < -0.4 is 5.32 Å². The summed E-state index contributed by atoms with van der Waals surface area (Å²) in [6, 6.07) is 5.62. The first kappa shape index (κ1) is 15.9. The fourth-order valence-electron chi connectivity index (χ4n) is 3.91. The summed E-state index contributed by atoms with van der Waals surface area (Å²) in [7, 11) is 0. The van der Waals surface area contributed by atoms with Gasteiger partial charge in [-0.1, -0.05) is 24.4 Å². The van der Waals surface area contributed by atoms with Crippen molar-refractivity contribution >= 4 is 29.0 Å². The number of amides is 2. The van der Waals surface area contributed by atoms with E-state index in [-0.39, 0.29) is 12.1 Å². The van der Waals surface area contributed by atoms with E-state index in [1.54, 1.807) is 5.01 Å². The number of hydrogen-bond acceptors (Lipinski definition) is 3. The van der Waals surface area contributed by atoms with Gasteiger partial charge < -0.3 is 10.1 Å². The highest BCUT2D eigenvalue weighted by atomic mass is 35.5. The fraction of sp³-hybridized carbons (Fsp3) is 0.556. The molecule has 6 heteroatoms. The summed E-state index contributed by atoms with van der Waals surface area (Å²) in [6.45, 7) is 1.36. The summed E-state index contributed by atoms with van der Waals surface area (Å²) >= 11 is 6.15. The van der Waals surface area contributed by atoms with Crippen LogP contribution in [0.2, 0.25) is 5.02 Å². The number of anilines is 1. The zero-order chi connectivity index (χ0) is 16.5. The molecule has 2 heterocycles. The number of halogens is 1. The molecular formula is C18H22ClN3O2. The van der Waals surface area contributed by atoms with Crippen molar-refractivity contribution in [3.63, 3.8) is 0 Å². The highest BCUT2D eigenvalue weighted by Crippen LogP contribution is 2.34. The number of nitrogens with zero attached hydrogens (tertiary/aromatic N) is 2. The van der Waals surface area contributed by atoms with E-state index < -0.39 is 0 Å². The molecule has 24 heavy (non-hydrogen) atoms. The molecule has 5 nitrogen and oxygen atoms in total. The molecule has 1 saturated heterocycles.